The van der Waals surface area contributed by atoms with Gasteiger partial charge in [0.05, 0.1) is 11.2 Å². The number of methoxy groups -OCH3 is 2. The smallest absolute Gasteiger partial charge is 0.293 e. The number of carbonyl (C=O) groups excluding carboxylic acids is 1. The lowest BCUT2D eigenvalue weighted by molar-refractivity contribution is -0.129. The van der Waals surface area contributed by atoms with Crippen LogP contribution in [-0.4, -0.2) is 25.7 Å². The highest BCUT2D eigenvalue weighted by Crippen LogP contribution is 2.25. The summed E-state index contributed by atoms with van der Waals surface area (Å²) in [7, 11) is 3.15. The third-order valence-electron chi connectivity index (χ3n) is 2.79. The van der Waals surface area contributed by atoms with Gasteiger partial charge < -0.3 is 14.2 Å². The van der Waals surface area contributed by atoms with Crippen LogP contribution < -0.4 is 0 Å². The van der Waals surface area contributed by atoms with Crippen molar-refractivity contribution in [2.75, 3.05) is 14.2 Å². The number of rotatable bonds is 6. The standard InChI is InChI=1S/C14H15NO4/c1-17-14(18-2)12-5-3-4-10-6-7-11(8-19-9-16)15-13(10)12/h3-7,9,14H,8H2,1-2H3. The number of pyridine rings is 1. The van der Waals surface area contributed by atoms with Gasteiger partial charge in [-0.1, -0.05) is 24.3 Å². The topological polar surface area (TPSA) is 57.7 Å². The van der Waals surface area contributed by atoms with Gasteiger partial charge >= 0.3 is 0 Å². The van der Waals surface area contributed by atoms with Crippen LogP contribution in [0, 0.1) is 0 Å². The Bertz CT molecular complexity index is 566. The van der Waals surface area contributed by atoms with Gasteiger partial charge in [0.2, 0.25) is 0 Å². The molecule has 0 amide bonds. The minimum absolute atomic E-state index is 0.151. The molecule has 0 saturated heterocycles. The lowest BCUT2D eigenvalue weighted by atomic mass is 10.1. The molecule has 0 saturated carbocycles. The fraction of sp³-hybridized carbons (Fsp3) is 0.286. The van der Waals surface area contributed by atoms with Gasteiger partial charge in [-0.2, -0.15) is 0 Å². The number of hydrogen-bond donors (Lipinski definition) is 0. The molecular weight excluding hydrogens is 246 g/mol. The molecule has 0 aliphatic rings. The van der Waals surface area contributed by atoms with E-state index in [2.05, 4.69) is 4.98 Å². The maximum atomic E-state index is 10.2. The number of hydrogen-bond acceptors (Lipinski definition) is 5. The van der Waals surface area contributed by atoms with Crippen LogP contribution in [0.2, 0.25) is 0 Å². The average Bonchev–Trinajstić information content (AvgIpc) is 2.46. The molecule has 2 aromatic rings. The first-order valence-electron chi connectivity index (χ1n) is 5.79. The molecule has 0 unspecified atom stereocenters. The SMILES string of the molecule is COC(OC)c1cccc2ccc(COC=O)nc12. The third-order valence-corrected chi connectivity index (χ3v) is 2.79. The molecule has 0 radical (unpaired) electrons. The summed E-state index contributed by atoms with van der Waals surface area (Å²) in [5.41, 5.74) is 2.30. The van der Waals surface area contributed by atoms with Crippen LogP contribution in [0.25, 0.3) is 10.9 Å². The number of benzene rings is 1. The van der Waals surface area contributed by atoms with Gasteiger partial charge in [0.25, 0.3) is 6.47 Å². The molecule has 0 fully saturated rings. The molecule has 0 bridgehead atoms. The van der Waals surface area contributed by atoms with Crippen molar-refractivity contribution in [2.45, 2.75) is 12.9 Å². The van der Waals surface area contributed by atoms with Gasteiger partial charge in [0.1, 0.15) is 6.61 Å². The van der Waals surface area contributed by atoms with E-state index in [-0.39, 0.29) is 6.61 Å². The predicted molar refractivity (Wildman–Crippen MR) is 69.4 cm³/mol. The van der Waals surface area contributed by atoms with Crippen molar-refractivity contribution in [1.82, 2.24) is 4.98 Å². The van der Waals surface area contributed by atoms with Gasteiger partial charge in [-0.05, 0) is 6.07 Å². The minimum atomic E-state index is -0.474. The Labute approximate surface area is 111 Å². The molecule has 5 nitrogen and oxygen atoms in total. The highest BCUT2D eigenvalue weighted by atomic mass is 16.7. The summed E-state index contributed by atoms with van der Waals surface area (Å²) >= 11 is 0. The van der Waals surface area contributed by atoms with Crippen molar-refractivity contribution >= 4 is 17.4 Å². The van der Waals surface area contributed by atoms with Crippen LogP contribution in [0.5, 0.6) is 0 Å². The molecule has 0 atom stereocenters. The van der Waals surface area contributed by atoms with Crippen LogP contribution in [0.15, 0.2) is 30.3 Å². The minimum Gasteiger partial charge on any atom is -0.461 e. The van der Waals surface area contributed by atoms with Crippen molar-refractivity contribution in [1.29, 1.82) is 0 Å². The molecule has 19 heavy (non-hydrogen) atoms. The van der Waals surface area contributed by atoms with E-state index >= 15 is 0 Å². The average molecular weight is 261 g/mol. The molecule has 1 heterocycles. The van der Waals surface area contributed by atoms with Crippen LogP contribution in [0.4, 0.5) is 0 Å². The molecule has 100 valence electrons. The quantitative estimate of drug-likeness (QED) is 0.589. The number of aromatic nitrogens is 1. The molecule has 2 rings (SSSR count). The Hall–Kier alpha value is -1.98. The molecule has 0 aliphatic carbocycles. The summed E-state index contributed by atoms with van der Waals surface area (Å²) in [6.07, 6.45) is -0.474. The van der Waals surface area contributed by atoms with Gasteiger partial charge in [-0.15, -0.1) is 0 Å². The Morgan fingerprint density at radius 3 is 2.68 bits per heavy atom. The van der Waals surface area contributed by atoms with E-state index in [9.17, 15) is 4.79 Å². The summed E-state index contributed by atoms with van der Waals surface area (Å²) in [6, 6.07) is 9.53. The van der Waals surface area contributed by atoms with Crippen molar-refractivity contribution < 1.29 is 19.0 Å². The first-order chi connectivity index (χ1) is 9.30. The highest BCUT2D eigenvalue weighted by Gasteiger charge is 2.13. The fourth-order valence-electron chi connectivity index (χ4n) is 1.95. The monoisotopic (exact) mass is 261 g/mol. The summed E-state index contributed by atoms with van der Waals surface area (Å²) in [4.78, 5) is 14.7. The number of para-hydroxylation sites is 1. The van der Waals surface area contributed by atoms with Crippen molar-refractivity contribution in [3.05, 3.63) is 41.6 Å². The van der Waals surface area contributed by atoms with E-state index in [1.54, 1.807) is 14.2 Å². The van der Waals surface area contributed by atoms with E-state index in [0.717, 1.165) is 16.5 Å². The largest absolute Gasteiger partial charge is 0.461 e. The Morgan fingerprint density at radius 1 is 1.21 bits per heavy atom. The summed E-state index contributed by atoms with van der Waals surface area (Å²) in [5, 5.41) is 0.978. The lowest BCUT2D eigenvalue weighted by Crippen LogP contribution is -2.05. The van der Waals surface area contributed by atoms with Crippen molar-refractivity contribution in [3.63, 3.8) is 0 Å². The molecule has 0 spiro atoms. The van der Waals surface area contributed by atoms with Crippen molar-refractivity contribution in [3.8, 4) is 0 Å². The number of nitrogens with zero attached hydrogens (tertiary/aromatic N) is 1. The van der Waals surface area contributed by atoms with Crippen LogP contribution in [0.1, 0.15) is 17.5 Å². The second-order valence-electron chi connectivity index (χ2n) is 3.93. The molecule has 1 aromatic carbocycles. The predicted octanol–water partition coefficient (Wildman–Crippen LogP) is 2.20. The Kier molecular flexibility index (Phi) is 4.43. The Balaban J connectivity index is 2.48. The van der Waals surface area contributed by atoms with E-state index in [1.165, 1.54) is 0 Å². The van der Waals surface area contributed by atoms with Crippen LogP contribution in [0.3, 0.4) is 0 Å². The molecule has 1 aromatic heterocycles. The van der Waals surface area contributed by atoms with Crippen LogP contribution in [-0.2, 0) is 25.6 Å². The first kappa shape index (κ1) is 13.5. The molecule has 5 heteroatoms. The zero-order valence-corrected chi connectivity index (χ0v) is 10.8. The van der Waals surface area contributed by atoms with Crippen molar-refractivity contribution in [2.24, 2.45) is 0 Å². The van der Waals surface area contributed by atoms with Crippen LogP contribution >= 0.6 is 0 Å². The van der Waals surface area contributed by atoms with Gasteiger partial charge in [0.15, 0.2) is 6.29 Å². The second-order valence-corrected chi connectivity index (χ2v) is 3.93. The van der Waals surface area contributed by atoms with Gasteiger partial charge in [-0.25, -0.2) is 4.98 Å². The van der Waals surface area contributed by atoms with Gasteiger partial charge in [0, 0.05) is 25.2 Å². The Morgan fingerprint density at radius 2 is 2.00 bits per heavy atom. The number of ether oxygens (including phenoxy) is 3. The van der Waals surface area contributed by atoms with Gasteiger partial charge in [-0.3, -0.25) is 4.79 Å². The summed E-state index contributed by atoms with van der Waals surface area (Å²) < 4.78 is 15.2. The third kappa shape index (κ3) is 2.89. The maximum Gasteiger partial charge on any atom is 0.293 e. The first-order valence-corrected chi connectivity index (χ1v) is 5.79. The van der Waals surface area contributed by atoms with E-state index in [0.29, 0.717) is 12.2 Å². The van der Waals surface area contributed by atoms with E-state index < -0.39 is 6.29 Å². The fourth-order valence-corrected chi connectivity index (χ4v) is 1.95. The highest BCUT2D eigenvalue weighted by molar-refractivity contribution is 5.82. The second kappa shape index (κ2) is 6.26. The molecular formula is C14H15NO4. The molecule has 0 aliphatic heterocycles. The number of carbonyl (C=O) groups is 1. The number of fused-ring (bicyclic) bond motifs is 1. The van der Waals surface area contributed by atoms with E-state index in [1.807, 2.05) is 30.3 Å². The zero-order valence-electron chi connectivity index (χ0n) is 10.8. The summed E-state index contributed by atoms with van der Waals surface area (Å²) in [6.45, 7) is 0.559. The normalized spacial score (nSPS) is 10.9. The molecule has 0 N–H and O–H groups in total. The van der Waals surface area contributed by atoms with E-state index in [4.69, 9.17) is 14.2 Å². The lowest BCUT2D eigenvalue weighted by Gasteiger charge is -2.15. The maximum absolute atomic E-state index is 10.2. The zero-order chi connectivity index (χ0) is 13.7. The summed E-state index contributed by atoms with van der Waals surface area (Å²) in [5.74, 6) is 0.